The van der Waals surface area contributed by atoms with Crippen molar-refractivity contribution in [2.45, 2.75) is 26.7 Å². The van der Waals surface area contributed by atoms with Gasteiger partial charge in [0.25, 0.3) is 5.56 Å². The van der Waals surface area contributed by atoms with Crippen LogP contribution >= 0.6 is 0 Å². The smallest absolute Gasteiger partial charge is 0.332 e. The summed E-state index contributed by atoms with van der Waals surface area (Å²) in [5, 5.41) is 3.01. The highest BCUT2D eigenvalue weighted by molar-refractivity contribution is 5.93. The van der Waals surface area contributed by atoms with Crippen molar-refractivity contribution in [2.24, 2.45) is 20.0 Å². The summed E-state index contributed by atoms with van der Waals surface area (Å²) >= 11 is 0. The van der Waals surface area contributed by atoms with Gasteiger partial charge in [-0.25, -0.2) is 4.79 Å². The van der Waals surface area contributed by atoms with Crippen LogP contribution in [0, 0.1) is 19.8 Å². The monoisotopic (exact) mass is 370 g/mol. The molecule has 1 aliphatic heterocycles. The molecule has 1 aromatic heterocycles. The number of amides is 1. The van der Waals surface area contributed by atoms with Crippen LogP contribution in [0.25, 0.3) is 0 Å². The van der Waals surface area contributed by atoms with E-state index in [0.29, 0.717) is 18.9 Å². The minimum atomic E-state index is -0.362. The van der Waals surface area contributed by atoms with Crippen molar-refractivity contribution in [3.63, 3.8) is 0 Å². The van der Waals surface area contributed by atoms with Gasteiger partial charge in [-0.3, -0.25) is 18.7 Å². The van der Waals surface area contributed by atoms with Crippen LogP contribution in [0.15, 0.2) is 33.9 Å². The molecule has 0 bridgehead atoms. The van der Waals surface area contributed by atoms with Crippen molar-refractivity contribution in [1.82, 2.24) is 9.13 Å². The molecule has 7 nitrogen and oxygen atoms in total. The van der Waals surface area contributed by atoms with Gasteiger partial charge in [-0.05, 0) is 49.9 Å². The van der Waals surface area contributed by atoms with Crippen LogP contribution in [0.5, 0.6) is 0 Å². The Morgan fingerprint density at radius 3 is 2.37 bits per heavy atom. The second kappa shape index (κ2) is 7.42. The predicted octanol–water partition coefficient (Wildman–Crippen LogP) is 1.56. The van der Waals surface area contributed by atoms with Gasteiger partial charge in [-0.15, -0.1) is 0 Å². The molecule has 0 radical (unpaired) electrons. The molecule has 1 atom stereocenters. The van der Waals surface area contributed by atoms with E-state index in [0.717, 1.165) is 34.2 Å². The Morgan fingerprint density at radius 1 is 1.04 bits per heavy atom. The molecule has 2 aromatic rings. The fourth-order valence-corrected chi connectivity index (χ4v) is 3.72. The summed E-state index contributed by atoms with van der Waals surface area (Å²) in [6.45, 7) is 5.20. The van der Waals surface area contributed by atoms with E-state index in [1.807, 2.05) is 30.9 Å². The second-order valence-electron chi connectivity index (χ2n) is 7.39. The van der Waals surface area contributed by atoms with Gasteiger partial charge >= 0.3 is 5.69 Å². The number of nitrogens with one attached hydrogen (secondary N) is 1. The molecular weight excluding hydrogens is 344 g/mol. The molecule has 1 aliphatic rings. The average molecular weight is 370 g/mol. The minimum absolute atomic E-state index is 0.0291. The number of hydrogen-bond donors (Lipinski definition) is 1. The summed E-state index contributed by atoms with van der Waals surface area (Å²) < 4.78 is 2.54. The molecular formula is C20H26N4O3. The third-order valence-electron chi connectivity index (χ3n) is 5.11. The Morgan fingerprint density at radius 2 is 1.70 bits per heavy atom. The van der Waals surface area contributed by atoms with Crippen LogP contribution in [0.1, 0.15) is 24.0 Å². The number of benzene rings is 1. The van der Waals surface area contributed by atoms with Crippen LogP contribution < -0.4 is 21.5 Å². The molecule has 1 fully saturated rings. The number of nitrogens with zero attached hydrogens (tertiary/aromatic N) is 3. The first-order valence-corrected chi connectivity index (χ1v) is 9.17. The topological polar surface area (TPSA) is 76.3 Å². The molecule has 0 aliphatic carbocycles. The van der Waals surface area contributed by atoms with Crippen LogP contribution in [-0.4, -0.2) is 28.1 Å². The van der Waals surface area contributed by atoms with E-state index < -0.39 is 0 Å². The van der Waals surface area contributed by atoms with Crippen molar-refractivity contribution in [3.05, 3.63) is 56.2 Å². The molecule has 1 saturated heterocycles. The summed E-state index contributed by atoms with van der Waals surface area (Å²) in [7, 11) is 3.11. The SMILES string of the molecule is Cc1cc(C)cc(NC(=O)[C@@H]2CCCN(c3cc(=O)n(C)c(=O)n3C)C2)c1. The zero-order chi connectivity index (χ0) is 19.7. The first kappa shape index (κ1) is 18.9. The molecule has 144 valence electrons. The van der Waals surface area contributed by atoms with Gasteiger partial charge in [0.15, 0.2) is 0 Å². The van der Waals surface area contributed by atoms with E-state index in [4.69, 9.17) is 0 Å². The maximum absolute atomic E-state index is 12.8. The maximum Gasteiger partial charge on any atom is 0.332 e. The summed E-state index contributed by atoms with van der Waals surface area (Å²) in [5.74, 6) is 0.337. The summed E-state index contributed by atoms with van der Waals surface area (Å²) in [5.41, 5.74) is 2.31. The van der Waals surface area contributed by atoms with E-state index in [1.165, 1.54) is 17.7 Å². The molecule has 3 rings (SSSR count). The van der Waals surface area contributed by atoms with Crippen molar-refractivity contribution in [1.29, 1.82) is 0 Å². The van der Waals surface area contributed by atoms with Crippen molar-refractivity contribution in [2.75, 3.05) is 23.3 Å². The molecule has 0 unspecified atom stereocenters. The number of rotatable bonds is 3. The second-order valence-corrected chi connectivity index (χ2v) is 7.39. The summed E-state index contributed by atoms with van der Waals surface area (Å²) in [4.78, 5) is 38.9. The standard InChI is InChI=1S/C20H26N4O3/c1-13-8-14(2)10-16(9-13)21-19(26)15-6-5-7-24(12-15)17-11-18(25)23(4)20(27)22(17)3/h8-11,15H,5-7,12H2,1-4H3,(H,21,26)/t15-/m1/s1. The van der Waals surface area contributed by atoms with Gasteiger partial charge in [0.1, 0.15) is 5.82 Å². The van der Waals surface area contributed by atoms with E-state index in [9.17, 15) is 14.4 Å². The third-order valence-corrected chi connectivity index (χ3v) is 5.11. The van der Waals surface area contributed by atoms with E-state index in [2.05, 4.69) is 11.4 Å². The zero-order valence-corrected chi connectivity index (χ0v) is 16.3. The number of piperidine rings is 1. The molecule has 7 heteroatoms. The lowest BCUT2D eigenvalue weighted by Crippen LogP contribution is -2.45. The summed E-state index contributed by atoms with van der Waals surface area (Å²) in [6.07, 6.45) is 1.61. The number of hydrogen-bond acceptors (Lipinski definition) is 4. The number of carbonyl (C=O) groups excluding carboxylic acids is 1. The lowest BCUT2D eigenvalue weighted by atomic mass is 9.97. The van der Waals surface area contributed by atoms with Crippen molar-refractivity contribution < 1.29 is 4.79 Å². The number of aromatic nitrogens is 2. The zero-order valence-electron chi connectivity index (χ0n) is 16.3. The Labute approximate surface area is 158 Å². The lowest BCUT2D eigenvalue weighted by Gasteiger charge is -2.34. The van der Waals surface area contributed by atoms with E-state index in [-0.39, 0.29) is 23.1 Å². The third kappa shape index (κ3) is 3.97. The highest BCUT2D eigenvalue weighted by Crippen LogP contribution is 2.23. The normalized spacial score (nSPS) is 17.0. The Kier molecular flexibility index (Phi) is 5.21. The fraction of sp³-hybridized carbons (Fsp3) is 0.450. The molecule has 0 saturated carbocycles. The Balaban J connectivity index is 1.79. The predicted molar refractivity (Wildman–Crippen MR) is 106 cm³/mol. The number of aryl methyl sites for hydroxylation is 2. The first-order chi connectivity index (χ1) is 12.8. The van der Waals surface area contributed by atoms with Crippen LogP contribution in [0.4, 0.5) is 11.5 Å². The van der Waals surface area contributed by atoms with Gasteiger partial charge in [0.2, 0.25) is 5.91 Å². The molecule has 27 heavy (non-hydrogen) atoms. The molecule has 1 amide bonds. The van der Waals surface area contributed by atoms with Crippen LogP contribution in [0.2, 0.25) is 0 Å². The van der Waals surface area contributed by atoms with Crippen LogP contribution in [0.3, 0.4) is 0 Å². The molecule has 1 aromatic carbocycles. The van der Waals surface area contributed by atoms with Crippen LogP contribution in [-0.2, 0) is 18.9 Å². The Hall–Kier alpha value is -2.83. The molecule has 1 N–H and O–H groups in total. The number of carbonyl (C=O) groups is 1. The van der Waals surface area contributed by atoms with Gasteiger partial charge in [-0.2, -0.15) is 0 Å². The fourth-order valence-electron chi connectivity index (χ4n) is 3.72. The van der Waals surface area contributed by atoms with E-state index >= 15 is 0 Å². The maximum atomic E-state index is 12.8. The van der Waals surface area contributed by atoms with Gasteiger partial charge in [0.05, 0.1) is 5.92 Å². The summed E-state index contributed by atoms with van der Waals surface area (Å²) in [6, 6.07) is 7.44. The van der Waals surface area contributed by atoms with E-state index in [1.54, 1.807) is 7.05 Å². The minimum Gasteiger partial charge on any atom is -0.357 e. The number of anilines is 2. The largest absolute Gasteiger partial charge is 0.357 e. The lowest BCUT2D eigenvalue weighted by molar-refractivity contribution is -0.120. The van der Waals surface area contributed by atoms with Gasteiger partial charge in [0, 0.05) is 38.9 Å². The molecule has 2 heterocycles. The van der Waals surface area contributed by atoms with Crippen molar-refractivity contribution >= 4 is 17.4 Å². The quantitative estimate of drug-likeness (QED) is 0.890. The molecule has 0 spiro atoms. The first-order valence-electron chi connectivity index (χ1n) is 9.17. The Bertz CT molecular complexity index is 969. The average Bonchev–Trinajstić information content (AvgIpc) is 2.62. The van der Waals surface area contributed by atoms with Gasteiger partial charge < -0.3 is 10.2 Å². The highest BCUT2D eigenvalue weighted by atomic mass is 16.2. The highest BCUT2D eigenvalue weighted by Gasteiger charge is 2.27. The van der Waals surface area contributed by atoms with Gasteiger partial charge in [-0.1, -0.05) is 6.07 Å². The van der Waals surface area contributed by atoms with Crippen molar-refractivity contribution in [3.8, 4) is 0 Å².